The first-order chi connectivity index (χ1) is 13.7. The van der Waals surface area contributed by atoms with E-state index in [1.165, 1.54) is 11.1 Å². The first-order valence-electron chi connectivity index (χ1n) is 9.75. The molecule has 0 bridgehead atoms. The van der Waals surface area contributed by atoms with Crippen molar-refractivity contribution in [3.05, 3.63) is 71.5 Å². The van der Waals surface area contributed by atoms with E-state index in [0.29, 0.717) is 5.89 Å². The van der Waals surface area contributed by atoms with Crippen LogP contribution in [0.15, 0.2) is 53.3 Å². The molecule has 1 aromatic carbocycles. The Balaban J connectivity index is 1.39. The number of likely N-dealkylation sites (tertiary alicyclic amines) is 1. The summed E-state index contributed by atoms with van der Waals surface area (Å²) in [6.07, 6.45) is 6.05. The standard InChI is InChI=1S/C22H23N5O/c1-15-8-9-18(16(2)12-15)22-23-17(14-28-22)13-26-10-5-6-19(26)21-25-24-20-7-3-4-11-27(20)21/h3-4,7-9,11-12,14,19H,5-6,10,13H2,1-2H3/t19-/m1/s1. The lowest BCUT2D eigenvalue weighted by Crippen LogP contribution is -2.24. The first-order valence-corrected chi connectivity index (χ1v) is 9.75. The van der Waals surface area contributed by atoms with Crippen LogP contribution < -0.4 is 0 Å². The maximum absolute atomic E-state index is 5.81. The normalized spacial score (nSPS) is 17.6. The van der Waals surface area contributed by atoms with Crippen molar-refractivity contribution >= 4 is 5.65 Å². The zero-order chi connectivity index (χ0) is 19.1. The topological polar surface area (TPSA) is 59.5 Å². The number of hydrogen-bond donors (Lipinski definition) is 0. The molecule has 0 spiro atoms. The van der Waals surface area contributed by atoms with Crippen LogP contribution in [0, 0.1) is 13.8 Å². The summed E-state index contributed by atoms with van der Waals surface area (Å²) in [4.78, 5) is 7.19. The van der Waals surface area contributed by atoms with Gasteiger partial charge in [0.1, 0.15) is 6.26 Å². The zero-order valence-electron chi connectivity index (χ0n) is 16.2. The quantitative estimate of drug-likeness (QED) is 0.533. The molecule has 6 heteroatoms. The Labute approximate surface area is 163 Å². The fraction of sp³-hybridized carbons (Fsp3) is 0.318. The summed E-state index contributed by atoms with van der Waals surface area (Å²) < 4.78 is 7.90. The molecule has 1 aliphatic rings. The van der Waals surface area contributed by atoms with Crippen molar-refractivity contribution < 1.29 is 4.42 Å². The van der Waals surface area contributed by atoms with Crippen LogP contribution in [0.4, 0.5) is 0 Å². The molecule has 3 aromatic heterocycles. The van der Waals surface area contributed by atoms with Crippen molar-refractivity contribution in [1.82, 2.24) is 24.5 Å². The summed E-state index contributed by atoms with van der Waals surface area (Å²) in [6.45, 7) is 5.97. The minimum atomic E-state index is 0.249. The van der Waals surface area contributed by atoms with Gasteiger partial charge < -0.3 is 4.42 Å². The summed E-state index contributed by atoms with van der Waals surface area (Å²) in [7, 11) is 0. The van der Waals surface area contributed by atoms with E-state index < -0.39 is 0 Å². The molecular formula is C22H23N5O. The van der Waals surface area contributed by atoms with Crippen molar-refractivity contribution in [2.45, 2.75) is 39.3 Å². The predicted molar refractivity (Wildman–Crippen MR) is 107 cm³/mol. The van der Waals surface area contributed by atoms with Crippen molar-refractivity contribution in [2.75, 3.05) is 6.54 Å². The lowest BCUT2D eigenvalue weighted by Gasteiger charge is -2.21. The largest absolute Gasteiger partial charge is 0.444 e. The number of rotatable bonds is 4. The highest BCUT2D eigenvalue weighted by atomic mass is 16.3. The summed E-state index contributed by atoms with van der Waals surface area (Å²) in [5, 5.41) is 8.79. The second-order valence-corrected chi connectivity index (χ2v) is 7.58. The van der Waals surface area contributed by atoms with Crippen LogP contribution >= 0.6 is 0 Å². The predicted octanol–water partition coefficient (Wildman–Crippen LogP) is 4.34. The third-order valence-electron chi connectivity index (χ3n) is 5.53. The smallest absolute Gasteiger partial charge is 0.226 e. The number of aromatic nitrogens is 4. The van der Waals surface area contributed by atoms with Crippen molar-refractivity contribution in [3.63, 3.8) is 0 Å². The van der Waals surface area contributed by atoms with E-state index in [0.717, 1.165) is 48.7 Å². The van der Waals surface area contributed by atoms with E-state index in [9.17, 15) is 0 Å². The van der Waals surface area contributed by atoms with Gasteiger partial charge in [-0.1, -0.05) is 23.8 Å². The number of pyridine rings is 1. The van der Waals surface area contributed by atoms with Crippen LogP contribution in [0.25, 0.3) is 17.1 Å². The molecule has 1 atom stereocenters. The average molecular weight is 373 g/mol. The highest BCUT2D eigenvalue weighted by Gasteiger charge is 2.30. The average Bonchev–Trinajstić information content (AvgIpc) is 3.41. The summed E-state index contributed by atoms with van der Waals surface area (Å²) in [5.74, 6) is 1.70. The van der Waals surface area contributed by atoms with Crippen LogP contribution in [0.2, 0.25) is 0 Å². The highest BCUT2D eigenvalue weighted by Crippen LogP contribution is 2.33. The van der Waals surface area contributed by atoms with E-state index in [4.69, 9.17) is 9.40 Å². The van der Waals surface area contributed by atoms with Gasteiger partial charge in [0.2, 0.25) is 5.89 Å². The summed E-state index contributed by atoms with van der Waals surface area (Å²) in [6, 6.07) is 12.6. The van der Waals surface area contributed by atoms with Gasteiger partial charge in [-0.25, -0.2) is 4.98 Å². The molecule has 142 valence electrons. The van der Waals surface area contributed by atoms with E-state index in [1.807, 2.05) is 24.4 Å². The van der Waals surface area contributed by atoms with Gasteiger partial charge in [-0.05, 0) is 57.0 Å². The molecule has 5 rings (SSSR count). The monoisotopic (exact) mass is 373 g/mol. The van der Waals surface area contributed by atoms with E-state index in [-0.39, 0.29) is 6.04 Å². The number of aryl methyl sites for hydroxylation is 2. The molecule has 1 saturated heterocycles. The van der Waals surface area contributed by atoms with Crippen molar-refractivity contribution in [3.8, 4) is 11.5 Å². The van der Waals surface area contributed by atoms with Gasteiger partial charge in [0.05, 0.1) is 11.7 Å². The fourth-order valence-corrected chi connectivity index (χ4v) is 4.16. The van der Waals surface area contributed by atoms with Crippen LogP contribution in [-0.2, 0) is 6.54 Å². The Morgan fingerprint density at radius 2 is 2.07 bits per heavy atom. The van der Waals surface area contributed by atoms with Gasteiger partial charge in [0, 0.05) is 18.3 Å². The molecule has 4 aromatic rings. The van der Waals surface area contributed by atoms with Gasteiger partial charge in [-0.2, -0.15) is 0 Å². The van der Waals surface area contributed by atoms with Gasteiger partial charge >= 0.3 is 0 Å². The molecule has 1 aliphatic heterocycles. The molecular weight excluding hydrogens is 350 g/mol. The highest BCUT2D eigenvalue weighted by molar-refractivity contribution is 5.59. The Hall–Kier alpha value is -2.99. The summed E-state index contributed by atoms with van der Waals surface area (Å²) >= 11 is 0. The third kappa shape index (κ3) is 2.99. The van der Waals surface area contributed by atoms with E-state index in [1.54, 1.807) is 6.26 Å². The molecule has 6 nitrogen and oxygen atoms in total. The Morgan fingerprint density at radius 3 is 2.96 bits per heavy atom. The maximum Gasteiger partial charge on any atom is 0.226 e. The molecule has 4 heterocycles. The molecule has 0 radical (unpaired) electrons. The molecule has 0 N–H and O–H groups in total. The fourth-order valence-electron chi connectivity index (χ4n) is 4.16. The summed E-state index contributed by atoms with van der Waals surface area (Å²) in [5.41, 5.74) is 5.33. The number of benzene rings is 1. The number of fused-ring (bicyclic) bond motifs is 1. The van der Waals surface area contributed by atoms with Gasteiger partial charge in [-0.15, -0.1) is 10.2 Å². The lowest BCUT2D eigenvalue weighted by molar-refractivity contribution is 0.236. The van der Waals surface area contributed by atoms with Gasteiger partial charge in [0.25, 0.3) is 0 Å². The number of nitrogens with zero attached hydrogens (tertiary/aromatic N) is 5. The van der Waals surface area contributed by atoms with Crippen LogP contribution in [0.5, 0.6) is 0 Å². The Bertz CT molecular complexity index is 1130. The minimum Gasteiger partial charge on any atom is -0.444 e. The SMILES string of the molecule is Cc1ccc(-c2nc(CN3CCC[C@@H]3c3nnc4ccccn34)co2)c(C)c1. The Kier molecular flexibility index (Phi) is 4.20. The van der Waals surface area contributed by atoms with Crippen molar-refractivity contribution in [1.29, 1.82) is 0 Å². The second-order valence-electron chi connectivity index (χ2n) is 7.58. The molecule has 0 unspecified atom stereocenters. The minimum absolute atomic E-state index is 0.249. The van der Waals surface area contributed by atoms with Crippen molar-refractivity contribution in [2.24, 2.45) is 0 Å². The number of oxazole rings is 1. The second kappa shape index (κ2) is 6.87. The van der Waals surface area contributed by atoms with Crippen LogP contribution in [0.1, 0.15) is 41.5 Å². The van der Waals surface area contributed by atoms with Gasteiger partial charge in [-0.3, -0.25) is 9.30 Å². The van der Waals surface area contributed by atoms with Crippen LogP contribution in [0.3, 0.4) is 0 Å². The van der Waals surface area contributed by atoms with Gasteiger partial charge in [0.15, 0.2) is 11.5 Å². The molecule has 0 aliphatic carbocycles. The lowest BCUT2D eigenvalue weighted by atomic mass is 10.1. The zero-order valence-corrected chi connectivity index (χ0v) is 16.2. The molecule has 1 fully saturated rings. The first kappa shape index (κ1) is 17.1. The van der Waals surface area contributed by atoms with Crippen LogP contribution in [-0.4, -0.2) is 31.0 Å². The third-order valence-corrected chi connectivity index (χ3v) is 5.53. The maximum atomic E-state index is 5.81. The Morgan fingerprint density at radius 1 is 1.14 bits per heavy atom. The molecule has 28 heavy (non-hydrogen) atoms. The van der Waals surface area contributed by atoms with E-state index >= 15 is 0 Å². The molecule has 0 amide bonds. The van der Waals surface area contributed by atoms with E-state index in [2.05, 4.69) is 51.5 Å². The molecule has 0 saturated carbocycles. The number of hydrogen-bond acceptors (Lipinski definition) is 5.